The van der Waals surface area contributed by atoms with Crippen molar-refractivity contribution in [3.8, 4) is 0 Å². The summed E-state index contributed by atoms with van der Waals surface area (Å²) in [7, 11) is 0. The molecule has 0 atom stereocenters. The van der Waals surface area contributed by atoms with Crippen molar-refractivity contribution in [2.45, 2.75) is 13.8 Å². The maximum absolute atomic E-state index is 11.0. The van der Waals surface area contributed by atoms with E-state index >= 15 is 0 Å². The highest BCUT2D eigenvalue weighted by atomic mass is 16.4. The van der Waals surface area contributed by atoms with Crippen LogP contribution in [0, 0.1) is 0 Å². The van der Waals surface area contributed by atoms with Gasteiger partial charge in [-0.1, -0.05) is 10.3 Å². The third kappa shape index (κ3) is 4.94. The van der Waals surface area contributed by atoms with Crippen molar-refractivity contribution in [2.24, 2.45) is 10.3 Å². The van der Waals surface area contributed by atoms with Crippen molar-refractivity contribution in [1.82, 2.24) is 10.6 Å². The van der Waals surface area contributed by atoms with E-state index in [-0.39, 0.29) is 24.5 Å². The summed E-state index contributed by atoms with van der Waals surface area (Å²) < 4.78 is 0. The number of rotatable bonds is 5. The van der Waals surface area contributed by atoms with Crippen LogP contribution in [0.4, 0.5) is 0 Å². The van der Waals surface area contributed by atoms with E-state index in [9.17, 15) is 9.59 Å². The molecule has 0 aromatic heterocycles. The molecule has 0 saturated carbocycles. The zero-order chi connectivity index (χ0) is 12.6. The van der Waals surface area contributed by atoms with Gasteiger partial charge in [0.1, 0.15) is 11.4 Å². The SMILES string of the molecule is C/C(=N\O)C(=O)NCCNC(=O)/C(C)=N/O. The molecule has 0 aromatic rings. The number of nitrogens with zero attached hydrogens (tertiary/aromatic N) is 2. The third-order valence-corrected chi connectivity index (χ3v) is 1.65. The quantitative estimate of drug-likeness (QED) is 0.207. The van der Waals surface area contributed by atoms with Gasteiger partial charge in [-0.3, -0.25) is 9.59 Å². The summed E-state index contributed by atoms with van der Waals surface area (Å²) in [6.45, 7) is 3.04. The first-order valence-corrected chi connectivity index (χ1v) is 4.46. The van der Waals surface area contributed by atoms with Crippen molar-refractivity contribution in [3.63, 3.8) is 0 Å². The van der Waals surface area contributed by atoms with E-state index in [0.29, 0.717) is 0 Å². The molecule has 0 rings (SSSR count). The number of nitrogens with one attached hydrogen (secondary N) is 2. The standard InChI is InChI=1S/C8H14N4O4/c1-5(11-15)7(13)9-3-4-10-8(14)6(2)12-16/h15-16H,3-4H2,1-2H3,(H,9,13)(H,10,14)/b11-5+,12-6+. The highest BCUT2D eigenvalue weighted by Crippen LogP contribution is 1.76. The highest BCUT2D eigenvalue weighted by Gasteiger charge is 2.07. The zero-order valence-corrected chi connectivity index (χ0v) is 9.02. The lowest BCUT2D eigenvalue weighted by Gasteiger charge is -2.05. The van der Waals surface area contributed by atoms with E-state index in [1.54, 1.807) is 0 Å². The lowest BCUT2D eigenvalue weighted by molar-refractivity contribution is -0.116. The number of oxime groups is 2. The summed E-state index contributed by atoms with van der Waals surface area (Å²) >= 11 is 0. The van der Waals surface area contributed by atoms with Gasteiger partial charge in [-0.25, -0.2) is 0 Å². The molecule has 0 radical (unpaired) electrons. The van der Waals surface area contributed by atoms with Crippen molar-refractivity contribution in [3.05, 3.63) is 0 Å². The molecular weight excluding hydrogens is 216 g/mol. The summed E-state index contributed by atoms with van der Waals surface area (Å²) in [6.07, 6.45) is 0. The molecule has 0 aliphatic rings. The summed E-state index contributed by atoms with van der Waals surface area (Å²) in [4.78, 5) is 22.1. The summed E-state index contributed by atoms with van der Waals surface area (Å²) in [5.74, 6) is -1.05. The number of carbonyl (C=O) groups is 2. The minimum absolute atomic E-state index is 0.0700. The molecule has 16 heavy (non-hydrogen) atoms. The predicted molar refractivity (Wildman–Crippen MR) is 55.8 cm³/mol. The van der Waals surface area contributed by atoms with Crippen LogP contribution in [0.25, 0.3) is 0 Å². The van der Waals surface area contributed by atoms with Crippen LogP contribution in [0.5, 0.6) is 0 Å². The van der Waals surface area contributed by atoms with Crippen LogP contribution in [0.3, 0.4) is 0 Å². The molecule has 0 spiro atoms. The van der Waals surface area contributed by atoms with Crippen molar-refractivity contribution < 1.29 is 20.0 Å². The van der Waals surface area contributed by atoms with Crippen LogP contribution in [-0.4, -0.2) is 46.7 Å². The van der Waals surface area contributed by atoms with Gasteiger partial charge in [-0.05, 0) is 13.8 Å². The number of hydrogen-bond acceptors (Lipinski definition) is 6. The average Bonchev–Trinajstić information content (AvgIpc) is 2.31. The van der Waals surface area contributed by atoms with E-state index in [4.69, 9.17) is 10.4 Å². The smallest absolute Gasteiger partial charge is 0.268 e. The van der Waals surface area contributed by atoms with Gasteiger partial charge in [0.25, 0.3) is 11.8 Å². The normalized spacial score (nSPS) is 12.1. The Labute approximate surface area is 92.0 Å². The van der Waals surface area contributed by atoms with Crippen LogP contribution in [0.15, 0.2) is 10.3 Å². The van der Waals surface area contributed by atoms with Crippen LogP contribution in [-0.2, 0) is 9.59 Å². The maximum atomic E-state index is 11.0. The van der Waals surface area contributed by atoms with Crippen LogP contribution in [0.2, 0.25) is 0 Å². The summed E-state index contributed by atoms with van der Waals surface area (Å²) in [5, 5.41) is 26.8. The number of hydrogen-bond donors (Lipinski definition) is 4. The van der Waals surface area contributed by atoms with E-state index in [2.05, 4.69) is 20.9 Å². The minimum atomic E-state index is -0.524. The third-order valence-electron chi connectivity index (χ3n) is 1.65. The van der Waals surface area contributed by atoms with Gasteiger partial charge in [0.2, 0.25) is 0 Å². The molecule has 2 amide bonds. The lowest BCUT2D eigenvalue weighted by atomic mass is 10.4. The molecular formula is C8H14N4O4. The average molecular weight is 230 g/mol. The van der Waals surface area contributed by atoms with Gasteiger partial charge in [0, 0.05) is 13.1 Å². The number of amides is 2. The molecule has 0 heterocycles. The fraction of sp³-hybridized carbons (Fsp3) is 0.500. The Morgan fingerprint density at radius 3 is 1.50 bits per heavy atom. The second kappa shape index (κ2) is 7.21. The van der Waals surface area contributed by atoms with Crippen LogP contribution >= 0.6 is 0 Å². The van der Waals surface area contributed by atoms with Gasteiger partial charge >= 0.3 is 0 Å². The van der Waals surface area contributed by atoms with Crippen molar-refractivity contribution >= 4 is 23.2 Å². The van der Waals surface area contributed by atoms with Crippen molar-refractivity contribution in [2.75, 3.05) is 13.1 Å². The van der Waals surface area contributed by atoms with E-state index in [0.717, 1.165) is 0 Å². The first kappa shape index (κ1) is 13.9. The van der Waals surface area contributed by atoms with Crippen LogP contribution in [0.1, 0.15) is 13.8 Å². The molecule has 0 fully saturated rings. The Morgan fingerprint density at radius 2 is 1.25 bits per heavy atom. The highest BCUT2D eigenvalue weighted by molar-refractivity contribution is 6.38. The second-order valence-electron chi connectivity index (χ2n) is 2.88. The maximum Gasteiger partial charge on any atom is 0.268 e. The summed E-state index contributed by atoms with van der Waals surface area (Å²) in [6, 6.07) is 0. The fourth-order valence-electron chi connectivity index (χ4n) is 0.699. The summed E-state index contributed by atoms with van der Waals surface area (Å²) in [5.41, 5.74) is -0.140. The molecule has 0 bridgehead atoms. The molecule has 0 aromatic carbocycles. The minimum Gasteiger partial charge on any atom is -0.410 e. The molecule has 0 saturated heterocycles. The van der Waals surface area contributed by atoms with Gasteiger partial charge in [-0.15, -0.1) is 0 Å². The van der Waals surface area contributed by atoms with Gasteiger partial charge < -0.3 is 21.0 Å². The molecule has 8 nitrogen and oxygen atoms in total. The van der Waals surface area contributed by atoms with Gasteiger partial charge in [-0.2, -0.15) is 0 Å². The first-order chi connectivity index (χ1) is 7.52. The number of carbonyl (C=O) groups excluding carboxylic acids is 2. The van der Waals surface area contributed by atoms with E-state index in [1.165, 1.54) is 13.8 Å². The predicted octanol–water partition coefficient (Wildman–Crippen LogP) is -1.08. The molecule has 8 heteroatoms. The topological polar surface area (TPSA) is 123 Å². The Balaban J connectivity index is 3.78. The molecule has 0 aliphatic carbocycles. The van der Waals surface area contributed by atoms with E-state index in [1.807, 2.05) is 0 Å². The Hall–Kier alpha value is -2.12. The first-order valence-electron chi connectivity index (χ1n) is 4.46. The Kier molecular flexibility index (Phi) is 6.25. The zero-order valence-electron chi connectivity index (χ0n) is 9.02. The second-order valence-corrected chi connectivity index (χ2v) is 2.88. The molecule has 0 unspecified atom stereocenters. The Bertz CT molecular complexity index is 292. The molecule has 0 aliphatic heterocycles. The lowest BCUT2D eigenvalue weighted by Crippen LogP contribution is -2.38. The monoisotopic (exact) mass is 230 g/mol. The Morgan fingerprint density at radius 1 is 0.938 bits per heavy atom. The van der Waals surface area contributed by atoms with Gasteiger partial charge in [0.15, 0.2) is 0 Å². The molecule has 90 valence electrons. The van der Waals surface area contributed by atoms with E-state index < -0.39 is 11.8 Å². The van der Waals surface area contributed by atoms with Crippen molar-refractivity contribution in [1.29, 1.82) is 0 Å². The van der Waals surface area contributed by atoms with Gasteiger partial charge in [0.05, 0.1) is 0 Å². The largest absolute Gasteiger partial charge is 0.410 e. The fourth-order valence-corrected chi connectivity index (χ4v) is 0.699. The van der Waals surface area contributed by atoms with Crippen LogP contribution < -0.4 is 10.6 Å². The molecule has 4 N–H and O–H groups in total.